The van der Waals surface area contributed by atoms with Crippen molar-refractivity contribution in [1.29, 1.82) is 0 Å². The fraction of sp³-hybridized carbons (Fsp3) is 0.381. The number of aromatic hydroxyl groups is 1. The van der Waals surface area contributed by atoms with Crippen LogP contribution in [0.1, 0.15) is 33.5 Å². The van der Waals surface area contributed by atoms with E-state index in [1.807, 2.05) is 6.92 Å². The lowest BCUT2D eigenvalue weighted by atomic mass is 10.1. The Morgan fingerprint density at radius 3 is 2.39 bits per heavy atom. The van der Waals surface area contributed by atoms with Crippen LogP contribution in [-0.4, -0.2) is 47.0 Å². The van der Waals surface area contributed by atoms with Crippen molar-refractivity contribution < 1.29 is 23.1 Å². The van der Waals surface area contributed by atoms with Crippen molar-refractivity contribution in [3.05, 3.63) is 64.7 Å². The predicted molar refractivity (Wildman–Crippen MR) is 100 cm³/mol. The lowest BCUT2D eigenvalue weighted by Gasteiger charge is -2.22. The number of hydrogen-bond donors (Lipinski definition) is 1. The van der Waals surface area contributed by atoms with Gasteiger partial charge in [-0.2, -0.15) is 13.2 Å². The minimum Gasteiger partial charge on any atom is -0.507 e. The standard InChI is InChI=1S/C21H23F3N2O2/c1-15-3-8-18(19(27)13-15)20(28)26-10-2-9-25(11-12-26)14-16-4-6-17(7-5-16)21(22,23)24/h3-8,13,27H,2,9-12,14H2,1H3. The van der Waals surface area contributed by atoms with Crippen molar-refractivity contribution >= 4 is 5.91 Å². The third kappa shape index (κ3) is 4.84. The van der Waals surface area contributed by atoms with Gasteiger partial charge in [0.25, 0.3) is 5.91 Å². The van der Waals surface area contributed by atoms with Crippen LogP contribution >= 0.6 is 0 Å². The largest absolute Gasteiger partial charge is 0.507 e. The zero-order valence-electron chi connectivity index (χ0n) is 15.7. The summed E-state index contributed by atoms with van der Waals surface area (Å²) in [5.41, 5.74) is 1.33. The minimum atomic E-state index is -4.33. The van der Waals surface area contributed by atoms with Crippen molar-refractivity contribution in [2.75, 3.05) is 26.2 Å². The normalized spacial score (nSPS) is 16.1. The molecule has 2 aromatic rings. The third-order valence-electron chi connectivity index (χ3n) is 4.95. The number of carbonyl (C=O) groups excluding carboxylic acids is 1. The maximum Gasteiger partial charge on any atom is 0.416 e. The Kier molecular flexibility index (Phi) is 5.93. The van der Waals surface area contributed by atoms with Gasteiger partial charge in [0.2, 0.25) is 0 Å². The van der Waals surface area contributed by atoms with Crippen molar-refractivity contribution in [2.24, 2.45) is 0 Å². The third-order valence-corrected chi connectivity index (χ3v) is 4.95. The molecule has 0 unspecified atom stereocenters. The molecule has 1 saturated heterocycles. The number of nitrogens with zero attached hydrogens (tertiary/aromatic N) is 2. The average molecular weight is 392 g/mol. The Hall–Kier alpha value is -2.54. The number of phenols is 1. The Morgan fingerprint density at radius 1 is 1.04 bits per heavy atom. The van der Waals surface area contributed by atoms with Crippen molar-refractivity contribution in [2.45, 2.75) is 26.1 Å². The SMILES string of the molecule is Cc1ccc(C(=O)N2CCCN(Cc3ccc(C(F)(F)F)cc3)CC2)c(O)c1. The smallest absolute Gasteiger partial charge is 0.416 e. The Morgan fingerprint density at radius 2 is 1.75 bits per heavy atom. The second-order valence-corrected chi connectivity index (χ2v) is 7.14. The highest BCUT2D eigenvalue weighted by Gasteiger charge is 2.30. The van der Waals surface area contributed by atoms with E-state index in [9.17, 15) is 23.1 Å². The summed E-state index contributed by atoms with van der Waals surface area (Å²) in [6.45, 7) is 4.85. The highest BCUT2D eigenvalue weighted by molar-refractivity contribution is 5.96. The van der Waals surface area contributed by atoms with E-state index in [0.717, 1.165) is 36.2 Å². The molecule has 28 heavy (non-hydrogen) atoms. The van der Waals surface area contributed by atoms with E-state index in [4.69, 9.17) is 0 Å². The summed E-state index contributed by atoms with van der Waals surface area (Å²) >= 11 is 0. The van der Waals surface area contributed by atoms with Crippen LogP contribution in [0.15, 0.2) is 42.5 Å². The first kappa shape index (κ1) is 20.2. The lowest BCUT2D eigenvalue weighted by molar-refractivity contribution is -0.137. The number of halogens is 3. The number of aryl methyl sites for hydroxylation is 1. The maximum atomic E-state index is 12.7. The summed E-state index contributed by atoms with van der Waals surface area (Å²) in [5.74, 6) is -0.218. The van der Waals surface area contributed by atoms with Crippen LogP contribution < -0.4 is 0 Å². The Balaban J connectivity index is 1.61. The maximum absolute atomic E-state index is 12.7. The van der Waals surface area contributed by atoms with Crippen LogP contribution in [0.3, 0.4) is 0 Å². The van der Waals surface area contributed by atoms with Crippen molar-refractivity contribution in [3.63, 3.8) is 0 Å². The first-order valence-corrected chi connectivity index (χ1v) is 9.21. The second kappa shape index (κ2) is 8.22. The highest BCUT2D eigenvalue weighted by Crippen LogP contribution is 2.29. The van der Waals surface area contributed by atoms with E-state index in [1.54, 1.807) is 23.1 Å². The molecule has 0 saturated carbocycles. The number of carbonyl (C=O) groups is 1. The first-order valence-electron chi connectivity index (χ1n) is 9.21. The molecule has 1 fully saturated rings. The van der Waals surface area contributed by atoms with Gasteiger partial charge >= 0.3 is 6.18 Å². The number of hydrogen-bond acceptors (Lipinski definition) is 3. The summed E-state index contributed by atoms with van der Waals surface area (Å²) in [7, 11) is 0. The van der Waals surface area contributed by atoms with Crippen molar-refractivity contribution in [3.8, 4) is 5.75 Å². The van der Waals surface area contributed by atoms with Crippen LogP contribution in [0.2, 0.25) is 0 Å². The Bertz CT molecular complexity index is 835. The van der Waals surface area contributed by atoms with Gasteiger partial charge in [-0.05, 0) is 48.7 Å². The number of alkyl halides is 3. The van der Waals surface area contributed by atoms with E-state index in [-0.39, 0.29) is 11.7 Å². The molecular weight excluding hydrogens is 369 g/mol. The van der Waals surface area contributed by atoms with E-state index in [0.29, 0.717) is 31.7 Å². The van der Waals surface area contributed by atoms with Crippen molar-refractivity contribution in [1.82, 2.24) is 9.80 Å². The molecule has 1 amide bonds. The summed E-state index contributed by atoms with van der Waals surface area (Å²) in [4.78, 5) is 16.6. The van der Waals surface area contributed by atoms with Gasteiger partial charge in [-0.1, -0.05) is 18.2 Å². The number of amides is 1. The molecule has 0 aromatic heterocycles. The van der Waals surface area contributed by atoms with Gasteiger partial charge in [0.15, 0.2) is 0 Å². The molecule has 0 atom stereocenters. The van der Waals surface area contributed by atoms with Gasteiger partial charge < -0.3 is 10.0 Å². The Labute approximate surface area is 162 Å². The monoisotopic (exact) mass is 392 g/mol. The van der Waals surface area contributed by atoms with Crippen LogP contribution in [-0.2, 0) is 12.7 Å². The molecule has 0 bridgehead atoms. The van der Waals surface area contributed by atoms with Gasteiger partial charge in [-0.15, -0.1) is 0 Å². The topological polar surface area (TPSA) is 43.8 Å². The van der Waals surface area contributed by atoms with Gasteiger partial charge in [-0.3, -0.25) is 9.69 Å². The van der Waals surface area contributed by atoms with Gasteiger partial charge in [0.1, 0.15) is 5.75 Å². The summed E-state index contributed by atoms with van der Waals surface area (Å²) < 4.78 is 38.0. The van der Waals surface area contributed by atoms with Gasteiger partial charge in [0, 0.05) is 32.7 Å². The second-order valence-electron chi connectivity index (χ2n) is 7.14. The molecule has 1 heterocycles. The van der Waals surface area contributed by atoms with E-state index in [1.165, 1.54) is 12.1 Å². The van der Waals surface area contributed by atoms with E-state index < -0.39 is 11.7 Å². The molecule has 0 radical (unpaired) electrons. The van der Waals surface area contributed by atoms with Crippen LogP contribution in [0.25, 0.3) is 0 Å². The minimum absolute atomic E-state index is 0.0177. The zero-order chi connectivity index (χ0) is 20.3. The average Bonchev–Trinajstić information content (AvgIpc) is 2.86. The number of rotatable bonds is 3. The quantitative estimate of drug-likeness (QED) is 0.857. The molecular formula is C21H23F3N2O2. The molecule has 1 aliphatic rings. The fourth-order valence-corrected chi connectivity index (χ4v) is 3.38. The summed E-state index contributed by atoms with van der Waals surface area (Å²) in [6, 6.07) is 10.2. The van der Waals surface area contributed by atoms with Gasteiger partial charge in [-0.25, -0.2) is 0 Å². The molecule has 4 nitrogen and oxygen atoms in total. The predicted octanol–water partition coefficient (Wildman–Crippen LogP) is 4.07. The fourth-order valence-electron chi connectivity index (χ4n) is 3.38. The zero-order valence-corrected chi connectivity index (χ0v) is 15.7. The highest BCUT2D eigenvalue weighted by atomic mass is 19.4. The molecule has 1 N–H and O–H groups in total. The first-order chi connectivity index (χ1) is 13.2. The van der Waals surface area contributed by atoms with Crippen LogP contribution in [0.5, 0.6) is 5.75 Å². The number of phenolic OH excluding ortho intramolecular Hbond substituents is 1. The molecule has 7 heteroatoms. The van der Waals surface area contributed by atoms with E-state index in [2.05, 4.69) is 4.90 Å². The molecule has 2 aromatic carbocycles. The van der Waals surface area contributed by atoms with E-state index >= 15 is 0 Å². The molecule has 3 rings (SSSR count). The molecule has 0 spiro atoms. The van der Waals surface area contributed by atoms with Crippen LogP contribution in [0, 0.1) is 6.92 Å². The van der Waals surface area contributed by atoms with Crippen LogP contribution in [0.4, 0.5) is 13.2 Å². The number of benzene rings is 2. The molecule has 150 valence electrons. The summed E-state index contributed by atoms with van der Waals surface area (Å²) in [5, 5.41) is 10.1. The van der Waals surface area contributed by atoms with Gasteiger partial charge in [0.05, 0.1) is 11.1 Å². The molecule has 1 aliphatic heterocycles. The molecule has 0 aliphatic carbocycles. The lowest BCUT2D eigenvalue weighted by Crippen LogP contribution is -2.35. The summed E-state index contributed by atoms with van der Waals surface area (Å²) in [6.07, 6.45) is -3.57.